The highest BCUT2D eigenvalue weighted by Crippen LogP contribution is 2.24. The summed E-state index contributed by atoms with van der Waals surface area (Å²) in [6, 6.07) is -3.09. The number of carbonyl (C=O) groups is 8. The highest BCUT2D eigenvalue weighted by atomic mass is 33.1. The molecule has 6 amide bonds. The van der Waals surface area contributed by atoms with Crippen LogP contribution in [0.1, 0.15) is 42.5 Å². The van der Waals surface area contributed by atoms with Crippen molar-refractivity contribution in [3.05, 3.63) is 0 Å². The van der Waals surface area contributed by atoms with Gasteiger partial charge in [-0.1, -0.05) is 58.0 Å². The molecule has 0 aliphatic carbocycles. The summed E-state index contributed by atoms with van der Waals surface area (Å²) in [7, 11) is 7.51. The lowest BCUT2D eigenvalue weighted by Crippen LogP contribution is -2.46. The van der Waals surface area contributed by atoms with E-state index >= 15 is 0 Å². The van der Waals surface area contributed by atoms with Gasteiger partial charge in [-0.05, 0) is 0 Å². The van der Waals surface area contributed by atoms with Crippen molar-refractivity contribution in [2.24, 2.45) is 11.5 Å². The van der Waals surface area contributed by atoms with Crippen LogP contribution < -0.4 is 32.7 Å². The molecule has 0 aromatic carbocycles. The van der Waals surface area contributed by atoms with Gasteiger partial charge in [0.25, 0.3) is 0 Å². The molecular formula is C24H46N6O10S4. The first kappa shape index (κ1) is 48.1. The van der Waals surface area contributed by atoms with E-state index in [0.717, 1.165) is 0 Å². The van der Waals surface area contributed by atoms with Gasteiger partial charge in [0.2, 0.25) is 35.4 Å². The van der Waals surface area contributed by atoms with E-state index in [9.17, 15) is 38.4 Å². The summed E-state index contributed by atoms with van der Waals surface area (Å²) in [6.45, 7) is 5.18. The fourth-order valence-electron chi connectivity index (χ4n) is 2.46. The zero-order valence-electron chi connectivity index (χ0n) is 24.0. The zero-order chi connectivity index (χ0) is 32.8. The molecule has 0 heterocycles. The molecule has 20 heteroatoms. The quantitative estimate of drug-likeness (QED) is 0.0588. The maximum Gasteiger partial charge on any atom is 0.329 e. The smallest absolute Gasteiger partial charge is 0.329 e. The first-order valence-corrected chi connectivity index (χ1v) is 16.8. The first-order valence-electron chi connectivity index (χ1n) is 11.9. The van der Waals surface area contributed by atoms with Gasteiger partial charge in [0.15, 0.2) is 0 Å². The van der Waals surface area contributed by atoms with E-state index in [2.05, 4.69) is 30.7 Å². The van der Waals surface area contributed by atoms with Crippen molar-refractivity contribution < 1.29 is 47.8 Å². The van der Waals surface area contributed by atoms with Crippen molar-refractivity contribution in [1.29, 1.82) is 0 Å². The van der Waals surface area contributed by atoms with E-state index in [1.165, 1.54) is 85.1 Å². The van der Waals surface area contributed by atoms with Gasteiger partial charge in [-0.15, -0.1) is 0 Å². The predicted octanol–water partition coefficient (Wildman–Crippen LogP) is -0.657. The Morgan fingerprint density at radius 2 is 0.705 bits per heavy atom. The van der Waals surface area contributed by atoms with E-state index in [1.54, 1.807) is 0 Å². The number of nitrogens with two attached hydrogens (primary N) is 2. The van der Waals surface area contributed by atoms with Gasteiger partial charge < -0.3 is 42.2 Å². The van der Waals surface area contributed by atoms with Crippen molar-refractivity contribution >= 4 is 90.6 Å². The number of ether oxygens (including phenoxy) is 2. The fraction of sp³-hybridized carbons (Fsp3) is 0.667. The molecular weight excluding hydrogens is 661 g/mol. The Kier molecular flexibility index (Phi) is 30.3. The van der Waals surface area contributed by atoms with Crippen LogP contribution in [0.3, 0.4) is 0 Å². The van der Waals surface area contributed by atoms with Gasteiger partial charge >= 0.3 is 11.9 Å². The van der Waals surface area contributed by atoms with Crippen LogP contribution >= 0.6 is 43.2 Å². The van der Waals surface area contributed by atoms with E-state index < -0.39 is 47.9 Å². The summed E-state index contributed by atoms with van der Waals surface area (Å²) in [4.78, 5) is 88.9. The molecule has 0 radical (unpaired) electrons. The lowest BCUT2D eigenvalue weighted by Gasteiger charge is -2.16. The highest BCUT2D eigenvalue weighted by molar-refractivity contribution is 8.77. The van der Waals surface area contributed by atoms with Crippen LogP contribution in [-0.2, 0) is 47.8 Å². The summed E-state index contributed by atoms with van der Waals surface area (Å²) >= 11 is 0. The molecule has 256 valence electrons. The van der Waals surface area contributed by atoms with E-state index in [1.807, 2.05) is 0 Å². The zero-order valence-corrected chi connectivity index (χ0v) is 27.3. The van der Waals surface area contributed by atoms with Gasteiger partial charge in [0.1, 0.15) is 24.2 Å². The molecule has 0 fully saturated rings. The van der Waals surface area contributed by atoms with Crippen molar-refractivity contribution in [1.82, 2.24) is 21.3 Å². The van der Waals surface area contributed by atoms with E-state index in [-0.39, 0.29) is 61.5 Å². The van der Waals surface area contributed by atoms with Crippen LogP contribution in [-0.4, -0.2) is 109 Å². The van der Waals surface area contributed by atoms with Gasteiger partial charge in [-0.2, -0.15) is 0 Å². The first-order chi connectivity index (χ1) is 19.5. The molecule has 0 unspecified atom stereocenters. The Labute approximate surface area is 274 Å². The standard InChI is InChI=1S/C12H20N2O6S2.C10H18N4O4S2.2CH4/c1-7(15)13-9(11(17)19-3)5-21-22-6-10(12(18)20-4)14-8(2)16;1-5(15)13-7(9(11)17)3-19-20-4-8(10(12)18)14-6(2)16;;/h9-10H,5-6H2,1-4H3,(H,13,15)(H,14,16);7-8H,3-4H2,1-2H3,(H2,11,17)(H2,12,18)(H,13,15)(H,14,16);2*1H4/t9-,10-;7-,8-;;/m00../s1. The van der Waals surface area contributed by atoms with Gasteiger partial charge in [-0.3, -0.25) is 28.8 Å². The van der Waals surface area contributed by atoms with Crippen LogP contribution in [0, 0.1) is 0 Å². The monoisotopic (exact) mass is 706 g/mol. The average molecular weight is 707 g/mol. The number of esters is 2. The molecule has 0 bridgehead atoms. The minimum Gasteiger partial charge on any atom is -0.467 e. The number of primary amides is 2. The van der Waals surface area contributed by atoms with E-state index in [0.29, 0.717) is 0 Å². The molecule has 0 aliphatic rings. The Morgan fingerprint density at radius 1 is 0.500 bits per heavy atom. The minimum atomic E-state index is -0.780. The molecule has 0 aromatic rings. The molecule has 0 spiro atoms. The number of hydrogen-bond donors (Lipinski definition) is 6. The van der Waals surface area contributed by atoms with E-state index in [4.69, 9.17) is 11.5 Å². The van der Waals surface area contributed by atoms with Crippen LogP contribution in [0.25, 0.3) is 0 Å². The van der Waals surface area contributed by atoms with Crippen molar-refractivity contribution in [2.45, 2.75) is 66.7 Å². The Balaban J connectivity index is -0.000000349. The molecule has 16 nitrogen and oxygen atoms in total. The maximum atomic E-state index is 11.5. The SMILES string of the molecule is C.C.CC(=O)N[C@@H](CSSC[C@H](NC(C)=O)C(N)=O)C(N)=O.COC(=O)[C@H](CSSC[C@H](NC(C)=O)C(=O)OC)NC(C)=O. The molecule has 4 atom stereocenters. The van der Waals surface area contributed by atoms with Crippen molar-refractivity contribution in [3.8, 4) is 0 Å². The van der Waals surface area contributed by atoms with Crippen LogP contribution in [0.2, 0.25) is 0 Å². The highest BCUT2D eigenvalue weighted by Gasteiger charge is 2.23. The second-order valence-electron chi connectivity index (χ2n) is 8.00. The number of methoxy groups -OCH3 is 2. The van der Waals surface area contributed by atoms with Crippen LogP contribution in [0.4, 0.5) is 0 Å². The second kappa shape index (κ2) is 27.7. The maximum absolute atomic E-state index is 11.5. The van der Waals surface area contributed by atoms with Crippen molar-refractivity contribution in [2.75, 3.05) is 37.2 Å². The molecule has 0 aromatic heterocycles. The molecule has 0 saturated heterocycles. The number of nitrogens with one attached hydrogen (secondary N) is 4. The van der Waals surface area contributed by atoms with Gasteiger partial charge in [0, 0.05) is 50.7 Å². The topological polar surface area (TPSA) is 255 Å². The van der Waals surface area contributed by atoms with Crippen molar-refractivity contribution in [3.63, 3.8) is 0 Å². The number of hydrogen-bond acceptors (Lipinski definition) is 14. The third kappa shape index (κ3) is 25.6. The summed E-state index contributed by atoms with van der Waals surface area (Å²) in [5, 5.41) is 9.78. The molecule has 8 N–H and O–H groups in total. The van der Waals surface area contributed by atoms with Gasteiger partial charge in [-0.25, -0.2) is 9.59 Å². The normalized spacial score (nSPS) is 12.3. The molecule has 0 rings (SSSR count). The summed E-state index contributed by atoms with van der Waals surface area (Å²) in [6.07, 6.45) is 0. The van der Waals surface area contributed by atoms with Gasteiger partial charge in [0.05, 0.1) is 14.2 Å². The molecule has 0 aliphatic heterocycles. The van der Waals surface area contributed by atoms with Crippen LogP contribution in [0.5, 0.6) is 0 Å². The Bertz CT molecular complexity index is 886. The van der Waals surface area contributed by atoms with Crippen LogP contribution in [0.15, 0.2) is 0 Å². The summed E-state index contributed by atoms with van der Waals surface area (Å²) in [5.41, 5.74) is 10.3. The Hall–Kier alpha value is -2.84. The number of rotatable bonds is 18. The number of carbonyl (C=O) groups excluding carboxylic acids is 8. The molecule has 0 saturated carbocycles. The fourth-order valence-corrected chi connectivity index (χ4v) is 7.11. The molecule has 44 heavy (non-hydrogen) atoms. The Morgan fingerprint density at radius 3 is 0.886 bits per heavy atom. The third-order valence-corrected chi connectivity index (χ3v) is 9.12. The largest absolute Gasteiger partial charge is 0.467 e. The predicted molar refractivity (Wildman–Crippen MR) is 176 cm³/mol. The minimum absolute atomic E-state index is 0. The number of amides is 6. The second-order valence-corrected chi connectivity index (χ2v) is 13.1. The average Bonchev–Trinajstić information content (AvgIpc) is 2.88. The lowest BCUT2D eigenvalue weighted by atomic mass is 10.3. The summed E-state index contributed by atoms with van der Waals surface area (Å²) < 4.78 is 9.18. The third-order valence-electron chi connectivity index (χ3n) is 4.27. The lowest BCUT2D eigenvalue weighted by molar-refractivity contribution is -0.144. The summed E-state index contributed by atoms with van der Waals surface area (Å²) in [5.74, 6) is -2.71.